The summed E-state index contributed by atoms with van der Waals surface area (Å²) in [6, 6.07) is 7.08. The molecule has 0 radical (unpaired) electrons. The molecule has 7 nitrogen and oxygen atoms in total. The number of nitro groups is 1. The molecule has 0 spiro atoms. The van der Waals surface area contributed by atoms with Crippen molar-refractivity contribution in [2.75, 3.05) is 7.11 Å². The number of methoxy groups -OCH3 is 1. The molecule has 2 aromatic rings. The summed E-state index contributed by atoms with van der Waals surface area (Å²) < 4.78 is 15.0. The van der Waals surface area contributed by atoms with Gasteiger partial charge >= 0.3 is 5.97 Å². The molecular weight excluding hydrogens is 278 g/mol. The second-order valence-electron chi connectivity index (χ2n) is 3.86. The van der Waals surface area contributed by atoms with Crippen molar-refractivity contribution in [3.63, 3.8) is 0 Å². The number of hydrogen-bond donors (Lipinski definition) is 0. The smallest absolute Gasteiger partial charge is 0.336 e. The van der Waals surface area contributed by atoms with Crippen LogP contribution in [0.15, 0.2) is 47.1 Å². The van der Waals surface area contributed by atoms with Gasteiger partial charge in [0.15, 0.2) is 11.5 Å². The number of ether oxygens (including phenoxy) is 2. The Morgan fingerprint density at radius 2 is 2.14 bits per heavy atom. The van der Waals surface area contributed by atoms with Crippen molar-refractivity contribution in [2.45, 2.75) is 0 Å². The van der Waals surface area contributed by atoms with Crippen LogP contribution in [-0.2, 0) is 4.79 Å². The number of carbonyl (C=O) groups is 1. The number of nitro benzene ring substituents is 1. The average molecular weight is 289 g/mol. The lowest BCUT2D eigenvalue weighted by Gasteiger charge is -2.07. The molecule has 1 heterocycles. The Morgan fingerprint density at radius 3 is 2.76 bits per heavy atom. The molecule has 0 saturated heterocycles. The van der Waals surface area contributed by atoms with Gasteiger partial charge < -0.3 is 13.9 Å². The Morgan fingerprint density at radius 1 is 1.33 bits per heavy atom. The first-order valence-corrected chi connectivity index (χ1v) is 5.86. The Balaban J connectivity index is 2.15. The fourth-order valence-electron chi connectivity index (χ4n) is 1.54. The number of esters is 1. The van der Waals surface area contributed by atoms with Crippen molar-refractivity contribution in [3.05, 3.63) is 58.5 Å². The highest BCUT2D eigenvalue weighted by molar-refractivity contribution is 5.88. The van der Waals surface area contributed by atoms with Gasteiger partial charge in [-0.05, 0) is 24.3 Å². The fourth-order valence-corrected chi connectivity index (χ4v) is 1.54. The quantitative estimate of drug-likeness (QED) is 0.276. The van der Waals surface area contributed by atoms with Crippen molar-refractivity contribution < 1.29 is 23.6 Å². The highest BCUT2D eigenvalue weighted by Gasteiger charge is 2.14. The zero-order chi connectivity index (χ0) is 15.2. The largest absolute Gasteiger partial charge is 0.493 e. The van der Waals surface area contributed by atoms with E-state index >= 15 is 0 Å². The summed E-state index contributed by atoms with van der Waals surface area (Å²) in [7, 11) is 1.37. The normalized spacial score (nSPS) is 10.5. The minimum absolute atomic E-state index is 0.0270. The standard InChI is InChI=1S/C14H11NO6/c1-19-12-6-4-10(15(17)18)9-13(12)21-14(16)7-5-11-3-2-8-20-11/h2-9H,1H3/b7-5+. The molecule has 0 unspecified atom stereocenters. The Hall–Kier alpha value is -3.09. The predicted molar refractivity (Wildman–Crippen MR) is 73.0 cm³/mol. The van der Waals surface area contributed by atoms with E-state index in [9.17, 15) is 14.9 Å². The minimum atomic E-state index is -0.704. The summed E-state index contributed by atoms with van der Waals surface area (Å²) >= 11 is 0. The molecule has 0 saturated carbocycles. The molecule has 0 aliphatic heterocycles. The van der Waals surface area contributed by atoms with Gasteiger partial charge in [-0.15, -0.1) is 0 Å². The lowest BCUT2D eigenvalue weighted by molar-refractivity contribution is -0.384. The lowest BCUT2D eigenvalue weighted by Crippen LogP contribution is -2.05. The van der Waals surface area contributed by atoms with Gasteiger partial charge in [0, 0.05) is 12.1 Å². The van der Waals surface area contributed by atoms with E-state index in [1.165, 1.54) is 31.6 Å². The summed E-state index contributed by atoms with van der Waals surface area (Å²) in [5.41, 5.74) is -0.200. The molecular formula is C14H11NO6. The van der Waals surface area contributed by atoms with Crippen molar-refractivity contribution in [2.24, 2.45) is 0 Å². The molecule has 108 valence electrons. The van der Waals surface area contributed by atoms with Crippen LogP contribution in [0.3, 0.4) is 0 Å². The minimum Gasteiger partial charge on any atom is -0.493 e. The molecule has 2 rings (SSSR count). The number of rotatable bonds is 5. The van der Waals surface area contributed by atoms with Gasteiger partial charge in [0.05, 0.1) is 24.4 Å². The highest BCUT2D eigenvalue weighted by atomic mass is 16.6. The Labute approximate surface area is 119 Å². The Kier molecular flexibility index (Phi) is 4.35. The van der Waals surface area contributed by atoms with Crippen molar-refractivity contribution in [1.29, 1.82) is 0 Å². The first-order valence-electron chi connectivity index (χ1n) is 5.86. The molecule has 0 N–H and O–H groups in total. The van der Waals surface area contributed by atoms with Crippen LogP contribution in [0.25, 0.3) is 6.08 Å². The van der Waals surface area contributed by atoms with Crippen LogP contribution in [0.2, 0.25) is 0 Å². The summed E-state index contributed by atoms with van der Waals surface area (Å²) in [5.74, 6) is -0.0238. The highest BCUT2D eigenvalue weighted by Crippen LogP contribution is 2.31. The topological polar surface area (TPSA) is 91.8 Å². The number of hydrogen-bond acceptors (Lipinski definition) is 6. The zero-order valence-electron chi connectivity index (χ0n) is 11.0. The van der Waals surface area contributed by atoms with E-state index in [1.54, 1.807) is 12.1 Å². The van der Waals surface area contributed by atoms with Gasteiger partial charge in [-0.25, -0.2) is 4.79 Å². The van der Waals surface area contributed by atoms with E-state index in [0.29, 0.717) is 5.76 Å². The fraction of sp³-hybridized carbons (Fsp3) is 0.0714. The van der Waals surface area contributed by atoms with Crippen LogP contribution < -0.4 is 9.47 Å². The van der Waals surface area contributed by atoms with E-state index < -0.39 is 10.9 Å². The van der Waals surface area contributed by atoms with Crippen LogP contribution in [-0.4, -0.2) is 18.0 Å². The summed E-state index contributed by atoms with van der Waals surface area (Å²) in [6.45, 7) is 0. The van der Waals surface area contributed by atoms with E-state index in [4.69, 9.17) is 13.9 Å². The molecule has 0 bridgehead atoms. The monoisotopic (exact) mass is 289 g/mol. The zero-order valence-corrected chi connectivity index (χ0v) is 11.0. The number of benzene rings is 1. The van der Waals surface area contributed by atoms with Gasteiger partial charge in [-0.1, -0.05) is 0 Å². The SMILES string of the molecule is COc1ccc([N+](=O)[O-])cc1OC(=O)/C=C/c1ccco1. The van der Waals surface area contributed by atoms with E-state index in [0.717, 1.165) is 12.1 Å². The predicted octanol–water partition coefficient (Wildman–Crippen LogP) is 2.82. The average Bonchev–Trinajstić information content (AvgIpc) is 2.98. The third kappa shape index (κ3) is 3.69. The number of nitrogens with zero attached hydrogens (tertiary/aromatic N) is 1. The molecule has 0 aliphatic carbocycles. The summed E-state index contributed by atoms with van der Waals surface area (Å²) in [6.07, 6.45) is 4.04. The van der Waals surface area contributed by atoms with E-state index in [2.05, 4.69) is 0 Å². The number of carbonyl (C=O) groups excluding carboxylic acids is 1. The third-order valence-electron chi connectivity index (χ3n) is 2.50. The number of furan rings is 1. The maximum absolute atomic E-state index is 11.7. The second-order valence-corrected chi connectivity index (χ2v) is 3.86. The second kappa shape index (κ2) is 6.38. The van der Waals surface area contributed by atoms with Crippen LogP contribution in [0, 0.1) is 10.1 Å². The van der Waals surface area contributed by atoms with Crippen LogP contribution in [0.4, 0.5) is 5.69 Å². The summed E-state index contributed by atoms with van der Waals surface area (Å²) in [5, 5.41) is 10.7. The molecule has 1 aromatic carbocycles. The van der Waals surface area contributed by atoms with Crippen LogP contribution >= 0.6 is 0 Å². The molecule has 0 atom stereocenters. The van der Waals surface area contributed by atoms with E-state index in [1.807, 2.05) is 0 Å². The van der Waals surface area contributed by atoms with Gasteiger partial charge in [0.1, 0.15) is 5.76 Å². The van der Waals surface area contributed by atoms with Crippen LogP contribution in [0.5, 0.6) is 11.5 Å². The van der Waals surface area contributed by atoms with Crippen molar-refractivity contribution >= 4 is 17.7 Å². The van der Waals surface area contributed by atoms with Gasteiger partial charge in [0.2, 0.25) is 0 Å². The Bertz CT molecular complexity index is 675. The maximum atomic E-state index is 11.7. The van der Waals surface area contributed by atoms with Crippen molar-refractivity contribution in [1.82, 2.24) is 0 Å². The van der Waals surface area contributed by atoms with Crippen molar-refractivity contribution in [3.8, 4) is 11.5 Å². The molecule has 0 amide bonds. The molecule has 1 aromatic heterocycles. The van der Waals surface area contributed by atoms with Crippen LogP contribution in [0.1, 0.15) is 5.76 Å². The maximum Gasteiger partial charge on any atom is 0.336 e. The summed E-state index contributed by atoms with van der Waals surface area (Å²) in [4.78, 5) is 21.8. The van der Waals surface area contributed by atoms with Gasteiger partial charge in [-0.2, -0.15) is 0 Å². The molecule has 0 fully saturated rings. The molecule has 0 aliphatic rings. The first-order chi connectivity index (χ1) is 10.1. The van der Waals surface area contributed by atoms with Gasteiger partial charge in [-0.3, -0.25) is 10.1 Å². The van der Waals surface area contributed by atoms with Gasteiger partial charge in [0.25, 0.3) is 5.69 Å². The lowest BCUT2D eigenvalue weighted by atomic mass is 10.3. The number of non-ortho nitro benzene ring substituents is 1. The molecule has 7 heteroatoms. The first kappa shape index (κ1) is 14.3. The third-order valence-corrected chi connectivity index (χ3v) is 2.50. The van der Waals surface area contributed by atoms with E-state index in [-0.39, 0.29) is 17.2 Å². The molecule has 21 heavy (non-hydrogen) atoms.